The second kappa shape index (κ2) is 6.89. The van der Waals surface area contributed by atoms with Crippen LogP contribution in [0.4, 0.5) is 10.5 Å². The molecule has 1 unspecified atom stereocenters. The number of aromatic carboxylic acids is 1. The predicted molar refractivity (Wildman–Crippen MR) is 75.1 cm³/mol. The Morgan fingerprint density at radius 3 is 2.68 bits per heavy atom. The molecule has 0 saturated carbocycles. The molecule has 19 heavy (non-hydrogen) atoms. The van der Waals surface area contributed by atoms with Gasteiger partial charge in [0.2, 0.25) is 0 Å². The molecular weight excluding hydrogens is 268 g/mol. The maximum absolute atomic E-state index is 11.7. The predicted octanol–water partition coefficient (Wildman–Crippen LogP) is 1.96. The molecule has 0 aliphatic carbocycles. The number of carboxylic acids is 1. The Kier molecular flexibility index (Phi) is 5.50. The van der Waals surface area contributed by atoms with Gasteiger partial charge in [0.15, 0.2) is 0 Å². The van der Waals surface area contributed by atoms with E-state index >= 15 is 0 Å². The van der Waals surface area contributed by atoms with E-state index in [0.717, 1.165) is 11.8 Å². The minimum Gasteiger partial charge on any atom is -0.508 e. The molecule has 4 N–H and O–H groups in total. The number of amides is 2. The molecule has 104 valence electrons. The molecule has 0 aliphatic rings. The Labute approximate surface area is 115 Å². The number of carboxylic acid groups (broad SMARTS) is 1. The van der Waals surface area contributed by atoms with Crippen LogP contribution < -0.4 is 10.6 Å². The summed E-state index contributed by atoms with van der Waals surface area (Å²) in [5.41, 5.74) is -0.0215. The standard InChI is InChI=1S/C12H16N2O4S/c1-7(6-19-2)13-12(18)14-10-4-3-8(15)5-9(10)11(16)17/h3-5,7,15H,6H2,1-2H3,(H,16,17)(H2,13,14,18). The zero-order valence-electron chi connectivity index (χ0n) is 10.6. The summed E-state index contributed by atoms with van der Waals surface area (Å²) in [6.45, 7) is 1.85. The molecule has 0 heterocycles. The molecule has 0 saturated heterocycles. The molecule has 0 spiro atoms. The number of phenolic OH excluding ortho intramolecular Hbond substituents is 1. The van der Waals surface area contributed by atoms with E-state index in [1.54, 1.807) is 11.8 Å². The van der Waals surface area contributed by atoms with E-state index in [2.05, 4.69) is 10.6 Å². The second-order valence-electron chi connectivity index (χ2n) is 3.99. The highest BCUT2D eigenvalue weighted by Gasteiger charge is 2.14. The third-order valence-corrected chi connectivity index (χ3v) is 3.11. The number of aromatic hydroxyl groups is 1. The average Bonchev–Trinajstić information content (AvgIpc) is 2.31. The van der Waals surface area contributed by atoms with E-state index in [4.69, 9.17) is 5.11 Å². The number of phenols is 1. The second-order valence-corrected chi connectivity index (χ2v) is 4.90. The molecule has 0 aliphatic heterocycles. The van der Waals surface area contributed by atoms with Crippen molar-refractivity contribution in [1.29, 1.82) is 0 Å². The zero-order valence-corrected chi connectivity index (χ0v) is 11.5. The number of carbonyl (C=O) groups excluding carboxylic acids is 1. The minimum atomic E-state index is -1.22. The lowest BCUT2D eigenvalue weighted by atomic mass is 10.1. The maximum Gasteiger partial charge on any atom is 0.337 e. The maximum atomic E-state index is 11.7. The average molecular weight is 284 g/mol. The van der Waals surface area contributed by atoms with Crippen molar-refractivity contribution < 1.29 is 19.8 Å². The van der Waals surface area contributed by atoms with Crippen molar-refractivity contribution in [3.63, 3.8) is 0 Å². The summed E-state index contributed by atoms with van der Waals surface area (Å²) < 4.78 is 0. The fourth-order valence-electron chi connectivity index (χ4n) is 1.49. The number of urea groups is 1. The first-order valence-corrected chi connectivity index (χ1v) is 6.96. The van der Waals surface area contributed by atoms with Crippen LogP contribution in [0.3, 0.4) is 0 Å². The van der Waals surface area contributed by atoms with Crippen molar-refractivity contribution in [3.05, 3.63) is 23.8 Å². The SMILES string of the molecule is CSCC(C)NC(=O)Nc1ccc(O)cc1C(=O)O. The van der Waals surface area contributed by atoms with E-state index in [1.807, 2.05) is 13.2 Å². The highest BCUT2D eigenvalue weighted by Crippen LogP contribution is 2.21. The Morgan fingerprint density at radius 2 is 2.11 bits per heavy atom. The molecule has 0 radical (unpaired) electrons. The molecule has 6 nitrogen and oxygen atoms in total. The smallest absolute Gasteiger partial charge is 0.337 e. The molecule has 1 aromatic rings. The number of rotatable bonds is 5. The van der Waals surface area contributed by atoms with Gasteiger partial charge in [0.1, 0.15) is 5.75 Å². The number of anilines is 1. The number of benzene rings is 1. The minimum absolute atomic E-state index is 0.0274. The van der Waals surface area contributed by atoms with Crippen molar-refractivity contribution in [2.75, 3.05) is 17.3 Å². The largest absolute Gasteiger partial charge is 0.508 e. The Bertz CT molecular complexity index is 479. The van der Waals surface area contributed by atoms with Gasteiger partial charge in [-0.3, -0.25) is 0 Å². The van der Waals surface area contributed by atoms with Crippen LogP contribution in [-0.2, 0) is 0 Å². The van der Waals surface area contributed by atoms with Crippen LogP contribution in [0.25, 0.3) is 0 Å². The lowest BCUT2D eigenvalue weighted by Crippen LogP contribution is -2.37. The zero-order chi connectivity index (χ0) is 14.4. The van der Waals surface area contributed by atoms with Gasteiger partial charge in [-0.2, -0.15) is 11.8 Å². The summed E-state index contributed by atoms with van der Waals surface area (Å²) in [6.07, 6.45) is 1.93. The molecule has 1 rings (SSSR count). The first-order valence-electron chi connectivity index (χ1n) is 5.56. The number of hydrogen-bond donors (Lipinski definition) is 4. The van der Waals surface area contributed by atoms with Gasteiger partial charge in [-0.25, -0.2) is 9.59 Å². The van der Waals surface area contributed by atoms with E-state index in [1.165, 1.54) is 12.1 Å². The summed E-state index contributed by atoms with van der Waals surface area (Å²) in [7, 11) is 0. The number of hydrogen-bond acceptors (Lipinski definition) is 4. The Hall–Kier alpha value is -1.89. The van der Waals surface area contributed by atoms with Gasteiger partial charge in [-0.05, 0) is 31.4 Å². The number of nitrogens with one attached hydrogen (secondary N) is 2. The first kappa shape index (κ1) is 15.2. The van der Waals surface area contributed by atoms with Gasteiger partial charge < -0.3 is 20.8 Å². The van der Waals surface area contributed by atoms with E-state index in [9.17, 15) is 14.7 Å². The van der Waals surface area contributed by atoms with Gasteiger partial charge >= 0.3 is 12.0 Å². The normalized spacial score (nSPS) is 11.7. The highest BCUT2D eigenvalue weighted by atomic mass is 32.2. The third-order valence-electron chi connectivity index (χ3n) is 2.28. The molecule has 0 fully saturated rings. The van der Waals surface area contributed by atoms with Crippen LogP contribution in [0.5, 0.6) is 5.75 Å². The van der Waals surface area contributed by atoms with Crippen molar-refractivity contribution in [1.82, 2.24) is 5.32 Å². The van der Waals surface area contributed by atoms with Crippen molar-refractivity contribution >= 4 is 29.4 Å². The summed E-state index contributed by atoms with van der Waals surface area (Å²) >= 11 is 1.60. The Morgan fingerprint density at radius 1 is 1.42 bits per heavy atom. The van der Waals surface area contributed by atoms with Crippen LogP contribution in [0.1, 0.15) is 17.3 Å². The quantitative estimate of drug-likeness (QED) is 0.620. The lowest BCUT2D eigenvalue weighted by Gasteiger charge is -2.14. The molecule has 1 atom stereocenters. The van der Waals surface area contributed by atoms with Crippen molar-refractivity contribution in [3.8, 4) is 5.75 Å². The van der Waals surface area contributed by atoms with Crippen molar-refractivity contribution in [2.24, 2.45) is 0 Å². The lowest BCUT2D eigenvalue weighted by molar-refractivity contribution is 0.0697. The summed E-state index contributed by atoms with van der Waals surface area (Å²) in [5.74, 6) is -0.628. The fraction of sp³-hybridized carbons (Fsp3) is 0.333. The summed E-state index contributed by atoms with van der Waals surface area (Å²) in [5, 5.41) is 23.4. The van der Waals surface area contributed by atoms with Crippen LogP contribution >= 0.6 is 11.8 Å². The summed E-state index contributed by atoms with van der Waals surface area (Å²) in [4.78, 5) is 22.7. The van der Waals surface area contributed by atoms with Gasteiger partial charge in [-0.15, -0.1) is 0 Å². The van der Waals surface area contributed by atoms with E-state index < -0.39 is 12.0 Å². The van der Waals surface area contributed by atoms with Crippen LogP contribution in [0, 0.1) is 0 Å². The van der Waals surface area contributed by atoms with E-state index in [0.29, 0.717) is 0 Å². The van der Waals surface area contributed by atoms with Gasteiger partial charge in [0.25, 0.3) is 0 Å². The molecule has 1 aromatic carbocycles. The van der Waals surface area contributed by atoms with Crippen LogP contribution in [0.2, 0.25) is 0 Å². The molecular formula is C12H16N2O4S. The highest BCUT2D eigenvalue weighted by molar-refractivity contribution is 7.98. The monoisotopic (exact) mass is 284 g/mol. The van der Waals surface area contributed by atoms with Gasteiger partial charge in [0, 0.05) is 11.8 Å². The molecule has 7 heteroatoms. The summed E-state index contributed by atoms with van der Waals surface area (Å²) in [6, 6.07) is 3.24. The number of thioether (sulfide) groups is 1. The van der Waals surface area contributed by atoms with Crippen LogP contribution in [0.15, 0.2) is 18.2 Å². The fourth-order valence-corrected chi connectivity index (χ4v) is 2.08. The topological polar surface area (TPSA) is 98.7 Å². The van der Waals surface area contributed by atoms with E-state index in [-0.39, 0.29) is 23.0 Å². The van der Waals surface area contributed by atoms with Crippen LogP contribution in [-0.4, -0.2) is 40.3 Å². The van der Waals surface area contributed by atoms with Crippen molar-refractivity contribution in [2.45, 2.75) is 13.0 Å². The molecule has 0 aromatic heterocycles. The number of carbonyl (C=O) groups is 2. The molecule has 2 amide bonds. The van der Waals surface area contributed by atoms with Gasteiger partial charge in [-0.1, -0.05) is 0 Å². The Balaban J connectivity index is 2.76. The van der Waals surface area contributed by atoms with Gasteiger partial charge in [0.05, 0.1) is 11.3 Å². The first-order chi connectivity index (χ1) is 8.93. The molecule has 0 bridgehead atoms. The third kappa shape index (κ3) is 4.70.